The van der Waals surface area contributed by atoms with Crippen LogP contribution in [-0.2, 0) is 7.05 Å². The van der Waals surface area contributed by atoms with Gasteiger partial charge in [0.15, 0.2) is 0 Å². The highest BCUT2D eigenvalue weighted by atomic mass is 31.0. The number of amides is 1. The van der Waals surface area contributed by atoms with Gasteiger partial charge in [-0.3, -0.25) is 19.9 Å². The molecule has 2 N–H and O–H groups in total. The number of allylic oxidation sites excluding steroid dienone is 4. The molecule has 2 aromatic heterocycles. The molecule has 208 valence electrons. The molecule has 3 aromatic rings. The van der Waals surface area contributed by atoms with Gasteiger partial charge in [-0.15, -0.1) is 9.24 Å². The number of hydrogen-bond donors (Lipinski definition) is 2. The van der Waals surface area contributed by atoms with E-state index in [9.17, 15) is 4.79 Å². The van der Waals surface area contributed by atoms with Crippen molar-refractivity contribution >= 4 is 43.7 Å². The number of aliphatic imine (C=N–C) groups is 2. The monoisotopic (exact) mass is 555 g/mol. The normalized spacial score (nSPS) is 17.1. The highest BCUT2D eigenvalue weighted by Gasteiger charge is 2.38. The van der Waals surface area contributed by atoms with Crippen molar-refractivity contribution in [1.29, 1.82) is 0 Å². The lowest BCUT2D eigenvalue weighted by Gasteiger charge is -2.45. The van der Waals surface area contributed by atoms with E-state index in [2.05, 4.69) is 67.3 Å². The molecule has 3 heterocycles. The largest absolute Gasteiger partial charge is 0.364 e. The Kier molecular flexibility index (Phi) is 9.00. The molecule has 8 nitrogen and oxygen atoms in total. The van der Waals surface area contributed by atoms with Crippen molar-refractivity contribution in [3.05, 3.63) is 96.1 Å². The summed E-state index contributed by atoms with van der Waals surface area (Å²) >= 11 is 0. The van der Waals surface area contributed by atoms with E-state index in [-0.39, 0.29) is 17.1 Å². The second-order valence-corrected chi connectivity index (χ2v) is 11.9. The minimum absolute atomic E-state index is 0.0314. The Bertz CT molecular complexity index is 1530. The second-order valence-electron chi connectivity index (χ2n) is 10.5. The molecule has 40 heavy (non-hydrogen) atoms. The quantitative estimate of drug-likeness (QED) is 0.166. The molecule has 4 rings (SSSR count). The number of fused-ring (bicyclic) bond motifs is 1. The molecule has 0 spiro atoms. The molecule has 9 heteroatoms. The topological polar surface area (TPSA) is 90.7 Å². The molecule has 1 saturated heterocycles. The number of benzene rings is 1. The fraction of sp³-hybridized carbons (Fsp3) is 0.290. The Labute approximate surface area is 238 Å². The van der Waals surface area contributed by atoms with E-state index < -0.39 is 0 Å². The number of aryl methyl sites for hydroxylation is 1. The van der Waals surface area contributed by atoms with Gasteiger partial charge in [-0.1, -0.05) is 49.9 Å². The van der Waals surface area contributed by atoms with Crippen LogP contribution in [-0.4, -0.2) is 69.0 Å². The summed E-state index contributed by atoms with van der Waals surface area (Å²) in [5.74, 6) is 0.838. The van der Waals surface area contributed by atoms with E-state index in [0.717, 1.165) is 52.1 Å². The van der Waals surface area contributed by atoms with E-state index in [1.165, 1.54) is 0 Å². The first-order chi connectivity index (χ1) is 19.1. The van der Waals surface area contributed by atoms with Gasteiger partial charge in [0.1, 0.15) is 11.5 Å². The number of carbonyl (C=O) groups is 1. The van der Waals surface area contributed by atoms with Crippen LogP contribution in [0.15, 0.2) is 89.3 Å². The lowest BCUT2D eigenvalue weighted by Crippen LogP contribution is -2.58. The summed E-state index contributed by atoms with van der Waals surface area (Å²) < 4.78 is 1.97. The number of amidine groups is 1. The highest BCUT2D eigenvalue weighted by Crippen LogP contribution is 2.31. The van der Waals surface area contributed by atoms with Crippen molar-refractivity contribution in [2.75, 3.05) is 20.1 Å². The predicted octanol–water partition coefficient (Wildman–Crippen LogP) is 5.15. The Morgan fingerprint density at radius 3 is 2.75 bits per heavy atom. The van der Waals surface area contributed by atoms with Crippen molar-refractivity contribution in [2.45, 2.75) is 32.0 Å². The third-order valence-corrected chi connectivity index (χ3v) is 7.19. The van der Waals surface area contributed by atoms with Crippen molar-refractivity contribution < 1.29 is 4.79 Å². The van der Waals surface area contributed by atoms with E-state index in [0.29, 0.717) is 5.69 Å². The predicted molar refractivity (Wildman–Crippen MR) is 170 cm³/mol. The van der Waals surface area contributed by atoms with Crippen molar-refractivity contribution in [1.82, 2.24) is 25.0 Å². The fourth-order valence-corrected chi connectivity index (χ4v) is 5.15. The molecule has 1 aliphatic rings. The van der Waals surface area contributed by atoms with Crippen LogP contribution in [0.2, 0.25) is 0 Å². The maximum absolute atomic E-state index is 13.0. The van der Waals surface area contributed by atoms with Gasteiger partial charge in [-0.05, 0) is 37.1 Å². The fourth-order valence-electron chi connectivity index (χ4n) is 4.71. The van der Waals surface area contributed by atoms with Gasteiger partial charge >= 0.3 is 0 Å². The number of aromatic amines is 1. The molecule has 1 fully saturated rings. The van der Waals surface area contributed by atoms with Gasteiger partial charge in [-0.2, -0.15) is 5.10 Å². The third kappa shape index (κ3) is 6.75. The Morgan fingerprint density at radius 2 is 2.10 bits per heavy atom. The van der Waals surface area contributed by atoms with Crippen LogP contribution in [0.5, 0.6) is 0 Å². The van der Waals surface area contributed by atoms with Gasteiger partial charge in [0.25, 0.3) is 5.91 Å². The molecule has 0 radical (unpaired) electrons. The summed E-state index contributed by atoms with van der Waals surface area (Å²) in [5, 5.41) is 11.5. The molecule has 2 unspecified atom stereocenters. The van der Waals surface area contributed by atoms with Crippen molar-refractivity contribution in [3.63, 3.8) is 0 Å². The van der Waals surface area contributed by atoms with Crippen LogP contribution in [0.25, 0.3) is 16.5 Å². The average Bonchev–Trinajstić information content (AvgIpc) is 3.56. The molecular formula is C31H38N7OP. The number of H-pyrrole nitrogens is 1. The van der Waals surface area contributed by atoms with Crippen LogP contribution in [0, 0.1) is 0 Å². The van der Waals surface area contributed by atoms with Gasteiger partial charge < -0.3 is 14.8 Å². The minimum atomic E-state index is 0.0314. The standard InChI is InChI=1S/C31H38N7OP/c1-7-8-24(26-17-34-35-18-26)11-9-22(3)36-29(32-5)21(2)15-33-16-23-10-12-25-14-28(37(6)27(25)13-23)30(39)38-19-31(4,40)20-38/h7-18,22H,1,19-20,40H2,2-6H3,(H,32,36)(H,34,35)/b11-9-,21-15-,24-8+,33-16?. The number of likely N-dealkylation sites (tertiary alicyclic amines) is 1. The van der Waals surface area contributed by atoms with Gasteiger partial charge in [0, 0.05) is 79.0 Å². The van der Waals surface area contributed by atoms with Crippen LogP contribution in [0.1, 0.15) is 42.4 Å². The van der Waals surface area contributed by atoms with Gasteiger partial charge in [0.05, 0.1) is 6.20 Å². The third-order valence-electron chi connectivity index (χ3n) is 6.83. The van der Waals surface area contributed by atoms with Crippen LogP contribution in [0.4, 0.5) is 0 Å². The SMILES string of the molecule is C=C/C=C(\C=C/C(C)NC(=NC)/C(C)=C\N=Cc1ccc2cc(C(=O)N3CC(C)(P)C3)n(C)c2c1)c1cn[nH]c1. The van der Waals surface area contributed by atoms with Gasteiger partial charge in [-0.25, -0.2) is 0 Å². The first-order valence-electron chi connectivity index (χ1n) is 13.2. The lowest BCUT2D eigenvalue weighted by molar-refractivity contribution is 0.0572. The Balaban J connectivity index is 1.41. The second kappa shape index (κ2) is 12.4. The Morgan fingerprint density at radius 1 is 1.32 bits per heavy atom. The minimum Gasteiger partial charge on any atom is -0.364 e. The summed E-state index contributed by atoms with van der Waals surface area (Å²) in [6.07, 6.45) is 15.1. The highest BCUT2D eigenvalue weighted by molar-refractivity contribution is 7.19. The van der Waals surface area contributed by atoms with Crippen molar-refractivity contribution in [3.8, 4) is 0 Å². The number of nitrogens with one attached hydrogen (secondary N) is 2. The summed E-state index contributed by atoms with van der Waals surface area (Å²) in [7, 11) is 6.54. The number of carbonyl (C=O) groups excluding carboxylic acids is 1. The zero-order valence-corrected chi connectivity index (χ0v) is 25.0. The summed E-state index contributed by atoms with van der Waals surface area (Å²) in [5.41, 5.74) is 5.58. The Hall–Kier alpha value is -4.03. The number of aromatic nitrogens is 3. The maximum Gasteiger partial charge on any atom is 0.270 e. The maximum atomic E-state index is 13.0. The molecule has 1 aromatic carbocycles. The van der Waals surface area contributed by atoms with Gasteiger partial charge in [0.2, 0.25) is 0 Å². The number of hydrogen-bond acceptors (Lipinski definition) is 4. The summed E-state index contributed by atoms with van der Waals surface area (Å²) in [6.45, 7) is 11.5. The number of nitrogens with zero attached hydrogens (tertiary/aromatic N) is 5. The van der Waals surface area contributed by atoms with Crippen molar-refractivity contribution in [2.24, 2.45) is 17.0 Å². The molecule has 0 saturated carbocycles. The molecular weight excluding hydrogens is 517 g/mol. The smallest absolute Gasteiger partial charge is 0.270 e. The molecule has 0 bridgehead atoms. The average molecular weight is 556 g/mol. The van der Waals surface area contributed by atoms with E-state index in [1.807, 2.05) is 66.2 Å². The number of rotatable bonds is 9. The van der Waals surface area contributed by atoms with Crippen LogP contribution < -0.4 is 5.32 Å². The first-order valence-corrected chi connectivity index (χ1v) is 13.8. The molecule has 1 amide bonds. The summed E-state index contributed by atoms with van der Waals surface area (Å²) in [4.78, 5) is 23.9. The van der Waals surface area contributed by atoms with E-state index in [1.54, 1.807) is 25.5 Å². The summed E-state index contributed by atoms with van der Waals surface area (Å²) in [6, 6.07) is 8.11. The molecule has 0 aliphatic carbocycles. The zero-order chi connectivity index (χ0) is 28.9. The molecule has 1 aliphatic heterocycles. The lowest BCUT2D eigenvalue weighted by atomic mass is 10.0. The zero-order valence-electron chi connectivity index (χ0n) is 23.8. The van der Waals surface area contributed by atoms with Crippen LogP contribution >= 0.6 is 9.24 Å². The van der Waals surface area contributed by atoms with Crippen LogP contribution in [0.3, 0.4) is 0 Å². The molecule has 2 atom stereocenters. The van der Waals surface area contributed by atoms with E-state index >= 15 is 0 Å². The first kappa shape index (κ1) is 29.0. The van der Waals surface area contributed by atoms with E-state index in [4.69, 9.17) is 0 Å².